The highest BCUT2D eigenvalue weighted by Gasteiger charge is 2.27. The number of hydrogen-bond donors (Lipinski definition) is 1. The zero-order chi connectivity index (χ0) is 18.6. The van der Waals surface area contributed by atoms with Crippen LogP contribution in [-0.2, 0) is 4.79 Å². The average molecular weight is 406 g/mol. The molecule has 128 valence electrons. The predicted molar refractivity (Wildman–Crippen MR) is 93.8 cm³/mol. The number of urea groups is 1. The van der Waals surface area contributed by atoms with Gasteiger partial charge in [-0.3, -0.25) is 19.7 Å². The van der Waals surface area contributed by atoms with Crippen molar-refractivity contribution in [1.82, 2.24) is 0 Å². The number of hydrogen-bond acceptors (Lipinski definition) is 5. The zero-order valence-electron chi connectivity index (χ0n) is 12.7. The van der Waals surface area contributed by atoms with Crippen LogP contribution >= 0.6 is 15.9 Å². The fourth-order valence-corrected chi connectivity index (χ4v) is 2.45. The molecule has 0 aliphatic carbocycles. The number of rotatable bonds is 5. The molecule has 25 heavy (non-hydrogen) atoms. The Morgan fingerprint density at radius 1 is 1.12 bits per heavy atom. The molecule has 2 rings (SSSR count). The molecule has 2 aromatic rings. The number of non-ortho nitro benzene ring substituents is 1. The second kappa shape index (κ2) is 7.67. The van der Waals surface area contributed by atoms with E-state index in [0.717, 1.165) is 18.2 Å². The molecule has 0 bridgehead atoms. The number of imide groups is 1. The summed E-state index contributed by atoms with van der Waals surface area (Å²) in [5.41, 5.74) is 4.87. The number of anilines is 1. The number of amides is 3. The number of primary amides is 1. The topological polar surface area (TPSA) is 124 Å². The molecule has 0 aromatic heterocycles. The molecule has 0 spiro atoms. The number of alkyl halides is 1. The number of benzene rings is 2. The first-order valence-electron chi connectivity index (χ1n) is 6.93. The van der Waals surface area contributed by atoms with E-state index in [4.69, 9.17) is 5.73 Å². The van der Waals surface area contributed by atoms with E-state index in [0.29, 0.717) is 4.90 Å². The van der Waals surface area contributed by atoms with E-state index < -0.39 is 22.6 Å². The highest BCUT2D eigenvalue weighted by atomic mass is 79.9. The van der Waals surface area contributed by atoms with Crippen LogP contribution in [0, 0.1) is 10.1 Å². The monoisotopic (exact) mass is 405 g/mol. The summed E-state index contributed by atoms with van der Waals surface area (Å²) in [6.45, 7) is 0. The summed E-state index contributed by atoms with van der Waals surface area (Å²) in [4.78, 5) is 47.4. The summed E-state index contributed by atoms with van der Waals surface area (Å²) < 4.78 is 0. The lowest BCUT2D eigenvalue weighted by atomic mass is 10.0. The minimum absolute atomic E-state index is 0.114. The third-order valence-corrected chi connectivity index (χ3v) is 3.78. The number of ketones is 1. The van der Waals surface area contributed by atoms with Crippen molar-refractivity contribution in [3.8, 4) is 0 Å². The Morgan fingerprint density at radius 2 is 1.76 bits per heavy atom. The number of nitro benzene ring substituents is 1. The van der Waals surface area contributed by atoms with E-state index in [-0.39, 0.29) is 27.8 Å². The fourth-order valence-electron chi connectivity index (χ4n) is 2.20. The lowest BCUT2D eigenvalue weighted by molar-refractivity contribution is -0.384. The smallest absolute Gasteiger partial charge is 0.326 e. The molecular formula is C16H12BrN3O5. The molecule has 0 aliphatic rings. The van der Waals surface area contributed by atoms with Crippen molar-refractivity contribution < 1.29 is 19.3 Å². The second-order valence-corrected chi connectivity index (χ2v) is 5.42. The van der Waals surface area contributed by atoms with Crippen LogP contribution in [0.1, 0.15) is 15.9 Å². The van der Waals surface area contributed by atoms with E-state index in [1.54, 1.807) is 18.2 Å². The fraction of sp³-hybridized carbons (Fsp3) is 0.0625. The number of halogens is 1. The van der Waals surface area contributed by atoms with Gasteiger partial charge in [-0.25, -0.2) is 9.69 Å². The first kappa shape index (κ1) is 18.3. The molecule has 2 aromatic carbocycles. The van der Waals surface area contributed by atoms with Gasteiger partial charge in [0.05, 0.1) is 21.5 Å². The lowest BCUT2D eigenvalue weighted by Crippen LogP contribution is -2.42. The van der Waals surface area contributed by atoms with Crippen molar-refractivity contribution in [3.63, 3.8) is 0 Å². The summed E-state index contributed by atoms with van der Waals surface area (Å²) in [6.07, 6.45) is 0. The molecular weight excluding hydrogens is 394 g/mol. The first-order valence-corrected chi connectivity index (χ1v) is 8.05. The van der Waals surface area contributed by atoms with Gasteiger partial charge in [0, 0.05) is 17.7 Å². The summed E-state index contributed by atoms with van der Waals surface area (Å²) in [7, 11) is 0. The number of carbonyl (C=O) groups excluding carboxylic acids is 3. The highest BCUT2D eigenvalue weighted by Crippen LogP contribution is 2.28. The maximum Gasteiger partial charge on any atom is 0.326 e. The van der Waals surface area contributed by atoms with Crippen LogP contribution in [-0.4, -0.2) is 28.0 Å². The van der Waals surface area contributed by atoms with Crippen LogP contribution < -0.4 is 10.6 Å². The summed E-state index contributed by atoms with van der Waals surface area (Å²) >= 11 is 2.93. The summed E-state index contributed by atoms with van der Waals surface area (Å²) in [6, 6.07) is 10.2. The SMILES string of the molecule is NC(=O)N(C(=O)CBr)c1ccc([N+](=O)[O-])cc1C(=O)c1ccccc1. The standard InChI is InChI=1S/C16H12BrN3O5/c17-9-14(21)19(16(18)23)13-7-6-11(20(24)25)8-12(13)15(22)10-4-2-1-3-5-10/h1-8H,9H2,(H2,18,23). The summed E-state index contributed by atoms with van der Waals surface area (Å²) in [5.74, 6) is -1.28. The molecule has 0 saturated carbocycles. The number of nitrogens with zero attached hydrogens (tertiary/aromatic N) is 2. The van der Waals surface area contributed by atoms with Gasteiger partial charge in [-0.15, -0.1) is 0 Å². The number of carbonyl (C=O) groups is 3. The molecule has 0 radical (unpaired) electrons. The molecule has 2 N–H and O–H groups in total. The third-order valence-electron chi connectivity index (χ3n) is 3.30. The molecule has 0 saturated heterocycles. The van der Waals surface area contributed by atoms with Gasteiger partial charge in [0.25, 0.3) is 5.69 Å². The van der Waals surface area contributed by atoms with E-state index in [1.807, 2.05) is 0 Å². The molecule has 0 aliphatic heterocycles. The second-order valence-electron chi connectivity index (χ2n) is 4.85. The zero-order valence-corrected chi connectivity index (χ0v) is 14.3. The first-order chi connectivity index (χ1) is 11.9. The normalized spacial score (nSPS) is 10.1. The van der Waals surface area contributed by atoms with E-state index in [2.05, 4.69) is 15.9 Å². The van der Waals surface area contributed by atoms with Gasteiger partial charge in [0.1, 0.15) is 0 Å². The molecule has 0 heterocycles. The molecule has 0 fully saturated rings. The van der Waals surface area contributed by atoms with Crippen molar-refractivity contribution in [2.75, 3.05) is 10.2 Å². The van der Waals surface area contributed by atoms with Gasteiger partial charge >= 0.3 is 6.03 Å². The van der Waals surface area contributed by atoms with Crippen molar-refractivity contribution >= 4 is 45.0 Å². The molecule has 8 nitrogen and oxygen atoms in total. The Morgan fingerprint density at radius 3 is 2.28 bits per heavy atom. The van der Waals surface area contributed by atoms with E-state index in [9.17, 15) is 24.5 Å². The van der Waals surface area contributed by atoms with Gasteiger partial charge < -0.3 is 5.73 Å². The van der Waals surface area contributed by atoms with Crippen LogP contribution in [0.4, 0.5) is 16.2 Å². The number of nitrogens with two attached hydrogens (primary N) is 1. The lowest BCUT2D eigenvalue weighted by Gasteiger charge is -2.20. The largest absolute Gasteiger partial charge is 0.351 e. The van der Waals surface area contributed by atoms with Gasteiger partial charge in [0.15, 0.2) is 5.78 Å². The Kier molecular flexibility index (Phi) is 5.60. The average Bonchev–Trinajstić information content (AvgIpc) is 2.61. The van der Waals surface area contributed by atoms with Gasteiger partial charge in [-0.1, -0.05) is 46.3 Å². The van der Waals surface area contributed by atoms with Gasteiger partial charge in [-0.2, -0.15) is 0 Å². The van der Waals surface area contributed by atoms with Gasteiger partial charge in [0.2, 0.25) is 5.91 Å². The van der Waals surface area contributed by atoms with Crippen LogP contribution in [0.5, 0.6) is 0 Å². The Hall–Kier alpha value is -3.07. The number of nitro groups is 1. The molecule has 3 amide bonds. The molecule has 9 heteroatoms. The van der Waals surface area contributed by atoms with Crippen LogP contribution in [0.3, 0.4) is 0 Å². The minimum atomic E-state index is -1.10. The maximum atomic E-state index is 12.8. The Bertz CT molecular complexity index is 854. The van der Waals surface area contributed by atoms with Crippen molar-refractivity contribution in [2.24, 2.45) is 5.73 Å². The van der Waals surface area contributed by atoms with Crippen LogP contribution in [0.25, 0.3) is 0 Å². The van der Waals surface area contributed by atoms with E-state index in [1.165, 1.54) is 12.1 Å². The Labute approximate surface area is 150 Å². The van der Waals surface area contributed by atoms with Crippen molar-refractivity contribution in [1.29, 1.82) is 0 Å². The highest BCUT2D eigenvalue weighted by molar-refractivity contribution is 9.09. The van der Waals surface area contributed by atoms with Crippen molar-refractivity contribution in [2.45, 2.75) is 0 Å². The Balaban J connectivity index is 2.67. The maximum absolute atomic E-state index is 12.8. The predicted octanol–water partition coefficient (Wildman–Crippen LogP) is 2.63. The van der Waals surface area contributed by atoms with Crippen LogP contribution in [0.15, 0.2) is 48.5 Å². The van der Waals surface area contributed by atoms with Gasteiger partial charge in [-0.05, 0) is 6.07 Å². The third kappa shape index (κ3) is 3.89. The van der Waals surface area contributed by atoms with E-state index >= 15 is 0 Å². The molecule has 0 unspecified atom stereocenters. The summed E-state index contributed by atoms with van der Waals surface area (Å²) in [5, 5.41) is 10.8. The quantitative estimate of drug-likeness (QED) is 0.354. The molecule has 0 atom stereocenters. The van der Waals surface area contributed by atoms with Crippen LogP contribution in [0.2, 0.25) is 0 Å². The minimum Gasteiger partial charge on any atom is -0.351 e. The van der Waals surface area contributed by atoms with Crippen molar-refractivity contribution in [3.05, 3.63) is 69.8 Å².